The van der Waals surface area contributed by atoms with Crippen LogP contribution in [-0.4, -0.2) is 26.8 Å². The molecule has 5 rings (SSSR count). The smallest absolute Gasteiger partial charge is 0.275 e. The lowest BCUT2D eigenvalue weighted by molar-refractivity contribution is -0.124. The summed E-state index contributed by atoms with van der Waals surface area (Å²) in [5.74, 6) is 0.0552. The summed E-state index contributed by atoms with van der Waals surface area (Å²) in [6, 6.07) is 14.8. The minimum absolute atomic E-state index is 0.0861. The normalized spacial score (nSPS) is 14.3. The molecule has 0 radical (unpaired) electrons. The Balaban J connectivity index is 1.27. The maximum Gasteiger partial charge on any atom is 0.275 e. The molecule has 0 unspecified atom stereocenters. The molecule has 166 valence electrons. The molecule has 9 heteroatoms. The highest BCUT2D eigenvalue weighted by atomic mass is 35.5. The first-order valence-electron chi connectivity index (χ1n) is 10.5. The molecule has 1 aliphatic carbocycles. The molecule has 7 nitrogen and oxygen atoms in total. The molecular weight excluding hydrogens is 458 g/mol. The standard InChI is InChI=1S/C24H20ClN5O2S/c25-17-4-1-3-16(11-17)24(9-2-10-24)22(32)30-23-26-12-19(29-23)15-5-7-18(8-6-15)28-21(31)20-13-33-14-27-20/h1,3-8,11-14H,2,9-10H2,(H,28,31)(H2,26,29,30,32). The number of amides is 2. The summed E-state index contributed by atoms with van der Waals surface area (Å²) in [7, 11) is 0. The molecular formula is C24H20ClN5O2S. The first-order valence-corrected chi connectivity index (χ1v) is 11.8. The molecule has 2 aromatic heterocycles. The molecule has 1 aliphatic rings. The first-order chi connectivity index (χ1) is 16.0. The Kier molecular flexibility index (Phi) is 5.70. The second-order valence-corrected chi connectivity index (χ2v) is 9.09. The van der Waals surface area contributed by atoms with Gasteiger partial charge in [-0.3, -0.25) is 14.9 Å². The fourth-order valence-electron chi connectivity index (χ4n) is 3.97. The van der Waals surface area contributed by atoms with Gasteiger partial charge in [-0.1, -0.05) is 42.3 Å². The number of carbonyl (C=O) groups excluding carboxylic acids is 2. The Morgan fingerprint density at radius 1 is 1.09 bits per heavy atom. The predicted molar refractivity (Wildman–Crippen MR) is 130 cm³/mol. The number of carbonyl (C=O) groups is 2. The van der Waals surface area contributed by atoms with Gasteiger partial charge in [-0.15, -0.1) is 11.3 Å². The molecule has 33 heavy (non-hydrogen) atoms. The number of aromatic nitrogens is 3. The van der Waals surface area contributed by atoms with Crippen LogP contribution >= 0.6 is 22.9 Å². The van der Waals surface area contributed by atoms with Gasteiger partial charge in [-0.05, 0) is 42.7 Å². The van der Waals surface area contributed by atoms with E-state index in [4.69, 9.17) is 11.6 Å². The van der Waals surface area contributed by atoms with Gasteiger partial charge in [0.15, 0.2) is 0 Å². The number of benzene rings is 2. The Labute approximate surface area is 199 Å². The number of rotatable bonds is 6. The first kappa shape index (κ1) is 21.4. The lowest BCUT2D eigenvalue weighted by atomic mass is 9.64. The Morgan fingerprint density at radius 2 is 1.91 bits per heavy atom. The summed E-state index contributed by atoms with van der Waals surface area (Å²) in [6.45, 7) is 0. The molecule has 2 aromatic carbocycles. The van der Waals surface area contributed by atoms with Crippen molar-refractivity contribution in [3.8, 4) is 11.3 Å². The number of anilines is 2. The van der Waals surface area contributed by atoms with Gasteiger partial charge in [0, 0.05) is 27.9 Å². The van der Waals surface area contributed by atoms with E-state index in [1.807, 2.05) is 36.4 Å². The molecule has 4 aromatic rings. The second-order valence-electron chi connectivity index (χ2n) is 7.94. The number of hydrogen-bond acceptors (Lipinski definition) is 5. The maximum atomic E-state index is 13.2. The van der Waals surface area contributed by atoms with Crippen molar-refractivity contribution in [2.24, 2.45) is 0 Å². The third-order valence-electron chi connectivity index (χ3n) is 5.93. The lowest BCUT2D eigenvalue weighted by Gasteiger charge is -2.40. The highest BCUT2D eigenvalue weighted by Gasteiger charge is 2.46. The van der Waals surface area contributed by atoms with Crippen molar-refractivity contribution < 1.29 is 9.59 Å². The van der Waals surface area contributed by atoms with E-state index in [2.05, 4.69) is 25.6 Å². The molecule has 1 fully saturated rings. The molecule has 0 atom stereocenters. The molecule has 2 heterocycles. The van der Waals surface area contributed by atoms with Gasteiger partial charge >= 0.3 is 0 Å². The maximum absolute atomic E-state index is 13.2. The third kappa shape index (κ3) is 4.27. The van der Waals surface area contributed by atoms with E-state index in [0.717, 1.165) is 30.4 Å². The predicted octanol–water partition coefficient (Wildman–Crippen LogP) is 5.50. The van der Waals surface area contributed by atoms with E-state index in [0.29, 0.717) is 28.0 Å². The number of halogens is 1. The summed E-state index contributed by atoms with van der Waals surface area (Å²) >= 11 is 7.53. The Hall–Kier alpha value is -3.49. The van der Waals surface area contributed by atoms with E-state index in [1.165, 1.54) is 11.3 Å². The Bertz CT molecular complexity index is 1300. The zero-order valence-electron chi connectivity index (χ0n) is 17.5. The highest BCUT2D eigenvalue weighted by molar-refractivity contribution is 7.07. The second kappa shape index (κ2) is 8.80. The van der Waals surface area contributed by atoms with E-state index in [9.17, 15) is 9.59 Å². The molecule has 3 N–H and O–H groups in total. The van der Waals surface area contributed by atoms with Crippen molar-refractivity contribution >= 4 is 46.4 Å². The van der Waals surface area contributed by atoms with E-state index in [1.54, 1.807) is 29.2 Å². The van der Waals surface area contributed by atoms with Crippen molar-refractivity contribution in [3.05, 3.63) is 81.9 Å². The van der Waals surface area contributed by atoms with Gasteiger partial charge < -0.3 is 10.3 Å². The average Bonchev–Trinajstić information content (AvgIpc) is 3.46. The van der Waals surface area contributed by atoms with Crippen LogP contribution < -0.4 is 10.6 Å². The molecule has 2 amide bonds. The topological polar surface area (TPSA) is 99.8 Å². The molecule has 0 bridgehead atoms. The lowest BCUT2D eigenvalue weighted by Crippen LogP contribution is -2.46. The monoisotopic (exact) mass is 477 g/mol. The number of aromatic amines is 1. The van der Waals surface area contributed by atoms with E-state index >= 15 is 0 Å². The zero-order valence-corrected chi connectivity index (χ0v) is 19.0. The summed E-state index contributed by atoms with van der Waals surface area (Å²) in [4.78, 5) is 36.9. The Morgan fingerprint density at radius 3 is 2.58 bits per heavy atom. The zero-order chi connectivity index (χ0) is 22.8. The number of thiazole rings is 1. The van der Waals surface area contributed by atoms with Gasteiger partial charge in [0.2, 0.25) is 11.9 Å². The van der Waals surface area contributed by atoms with Crippen LogP contribution in [0.3, 0.4) is 0 Å². The largest absolute Gasteiger partial charge is 0.330 e. The summed E-state index contributed by atoms with van der Waals surface area (Å²) < 4.78 is 0. The molecule has 0 saturated heterocycles. The van der Waals surface area contributed by atoms with Crippen molar-refractivity contribution in [3.63, 3.8) is 0 Å². The minimum Gasteiger partial charge on any atom is -0.330 e. The van der Waals surface area contributed by atoms with Crippen LogP contribution in [0.1, 0.15) is 35.3 Å². The van der Waals surface area contributed by atoms with Gasteiger partial charge in [-0.2, -0.15) is 0 Å². The number of hydrogen-bond donors (Lipinski definition) is 3. The van der Waals surface area contributed by atoms with Crippen LogP contribution in [0.4, 0.5) is 11.6 Å². The summed E-state index contributed by atoms with van der Waals surface area (Å²) in [5.41, 5.74) is 4.57. The molecule has 0 spiro atoms. The van der Waals surface area contributed by atoms with Crippen molar-refractivity contribution in [2.45, 2.75) is 24.7 Å². The van der Waals surface area contributed by atoms with Crippen LogP contribution in [-0.2, 0) is 10.2 Å². The van der Waals surface area contributed by atoms with Crippen molar-refractivity contribution in [2.75, 3.05) is 10.6 Å². The average molecular weight is 478 g/mol. The van der Waals surface area contributed by atoms with Gasteiger partial charge in [-0.25, -0.2) is 9.97 Å². The summed E-state index contributed by atoms with van der Waals surface area (Å²) in [6.07, 6.45) is 4.29. The van der Waals surface area contributed by atoms with Crippen molar-refractivity contribution in [1.82, 2.24) is 15.0 Å². The number of nitrogens with zero attached hydrogens (tertiary/aromatic N) is 2. The fourth-order valence-corrected chi connectivity index (χ4v) is 4.69. The van der Waals surface area contributed by atoms with E-state index in [-0.39, 0.29) is 11.8 Å². The van der Waals surface area contributed by atoms with Crippen LogP contribution in [0.5, 0.6) is 0 Å². The van der Waals surface area contributed by atoms with Crippen LogP contribution in [0, 0.1) is 0 Å². The van der Waals surface area contributed by atoms with Gasteiger partial charge in [0.1, 0.15) is 5.69 Å². The quantitative estimate of drug-likeness (QED) is 0.341. The van der Waals surface area contributed by atoms with Gasteiger partial charge in [0.05, 0.1) is 16.6 Å². The van der Waals surface area contributed by atoms with E-state index < -0.39 is 5.41 Å². The molecule has 1 saturated carbocycles. The minimum atomic E-state index is -0.574. The van der Waals surface area contributed by atoms with Crippen LogP contribution in [0.15, 0.2) is 65.6 Å². The third-order valence-corrected chi connectivity index (χ3v) is 6.75. The number of H-pyrrole nitrogens is 1. The SMILES string of the molecule is O=C(Nc1ccc(-c2c[nH]c(NC(=O)C3(c4cccc(Cl)c4)CCC3)n2)cc1)c1cscn1. The van der Waals surface area contributed by atoms with Crippen LogP contribution in [0.25, 0.3) is 11.3 Å². The molecule has 0 aliphatic heterocycles. The van der Waals surface area contributed by atoms with Crippen molar-refractivity contribution in [1.29, 1.82) is 0 Å². The van der Waals surface area contributed by atoms with Crippen LogP contribution in [0.2, 0.25) is 5.02 Å². The number of imidazole rings is 1. The van der Waals surface area contributed by atoms with Gasteiger partial charge in [0.25, 0.3) is 5.91 Å². The fraction of sp³-hybridized carbons (Fsp3) is 0.167. The highest BCUT2D eigenvalue weighted by Crippen LogP contribution is 2.45. The number of nitrogens with one attached hydrogen (secondary N) is 3. The summed E-state index contributed by atoms with van der Waals surface area (Å²) in [5, 5.41) is 8.07.